The van der Waals surface area contributed by atoms with E-state index in [1.54, 1.807) is 23.1 Å². The first-order chi connectivity index (χ1) is 17.4. The molecule has 0 spiro atoms. The number of nitriles is 1. The largest absolute Gasteiger partial charge is 0.477 e. The highest BCUT2D eigenvalue weighted by Crippen LogP contribution is 2.40. The Labute approximate surface area is 212 Å². The second-order valence-corrected chi connectivity index (χ2v) is 10.1. The van der Waals surface area contributed by atoms with Crippen LogP contribution in [0.5, 0.6) is 0 Å². The number of thioether (sulfide) groups is 1. The van der Waals surface area contributed by atoms with Gasteiger partial charge in [-0.25, -0.2) is 9.36 Å². The van der Waals surface area contributed by atoms with Gasteiger partial charge in [-0.15, -0.1) is 11.8 Å². The third-order valence-electron chi connectivity index (χ3n) is 6.58. The van der Waals surface area contributed by atoms with Crippen molar-refractivity contribution >= 4 is 29.5 Å². The first-order valence-electron chi connectivity index (χ1n) is 11.5. The molecule has 1 aromatic carbocycles. The van der Waals surface area contributed by atoms with Gasteiger partial charge in [-0.2, -0.15) is 5.26 Å². The number of fused-ring (bicyclic) bond motifs is 1. The number of carboxylic acid groups (broad SMARTS) is 1. The minimum Gasteiger partial charge on any atom is -0.477 e. The number of pyridine rings is 1. The SMILES string of the molecule is N#Cc1ccc(C[n+]2ccc(CN3CC/C(=C\C4=C(C(=O)O)N5C(=O)[C@@H](N)[C@H]5SC4)C3=O)cc2)cc1. The quantitative estimate of drug-likeness (QED) is 0.344. The Bertz CT molecular complexity index is 1340. The van der Waals surface area contributed by atoms with Crippen LogP contribution in [0.4, 0.5) is 0 Å². The number of hydrogen-bond acceptors (Lipinski definition) is 6. The zero-order chi connectivity index (χ0) is 25.4. The predicted molar refractivity (Wildman–Crippen MR) is 131 cm³/mol. The van der Waals surface area contributed by atoms with Crippen LogP contribution in [0.25, 0.3) is 0 Å². The number of hydrogen-bond donors (Lipinski definition) is 2. The van der Waals surface area contributed by atoms with Crippen LogP contribution >= 0.6 is 11.8 Å². The average molecular weight is 503 g/mol. The third-order valence-corrected chi connectivity index (χ3v) is 7.91. The molecule has 3 N–H and O–H groups in total. The van der Waals surface area contributed by atoms with E-state index in [-0.39, 0.29) is 17.0 Å². The van der Waals surface area contributed by atoms with Crippen molar-refractivity contribution in [1.82, 2.24) is 9.80 Å². The molecule has 2 atom stereocenters. The number of nitrogens with two attached hydrogens (primary N) is 1. The van der Waals surface area contributed by atoms with E-state index < -0.39 is 17.9 Å². The number of β-lactam (4-membered cyclic amide) rings is 1. The van der Waals surface area contributed by atoms with Crippen LogP contribution in [0.3, 0.4) is 0 Å². The van der Waals surface area contributed by atoms with Gasteiger partial charge >= 0.3 is 5.97 Å². The molecule has 2 aromatic rings. The number of aliphatic carboxylic acids is 1. The molecule has 0 aliphatic carbocycles. The molecule has 0 saturated carbocycles. The third kappa shape index (κ3) is 4.39. The summed E-state index contributed by atoms with van der Waals surface area (Å²) in [6.45, 7) is 1.67. The molecule has 2 fully saturated rings. The number of carboxylic acids is 1. The molecule has 2 saturated heterocycles. The van der Waals surface area contributed by atoms with Crippen LogP contribution in [-0.4, -0.2) is 56.4 Å². The van der Waals surface area contributed by atoms with E-state index in [0.717, 1.165) is 11.1 Å². The molecular formula is C26H24N5O4S+. The number of carbonyl (C=O) groups excluding carboxylic acids is 2. The van der Waals surface area contributed by atoms with Crippen LogP contribution in [-0.2, 0) is 27.5 Å². The Morgan fingerprint density at radius 2 is 1.92 bits per heavy atom. The lowest BCUT2D eigenvalue weighted by Crippen LogP contribution is -2.68. The Morgan fingerprint density at radius 3 is 2.58 bits per heavy atom. The summed E-state index contributed by atoms with van der Waals surface area (Å²) in [5.74, 6) is -1.33. The molecule has 5 rings (SSSR count). The van der Waals surface area contributed by atoms with Crippen molar-refractivity contribution in [3.05, 3.63) is 88.4 Å². The van der Waals surface area contributed by atoms with E-state index >= 15 is 0 Å². The number of likely N-dealkylation sites (tertiary alicyclic amines) is 1. The van der Waals surface area contributed by atoms with Crippen LogP contribution in [0.2, 0.25) is 0 Å². The summed E-state index contributed by atoms with van der Waals surface area (Å²) >= 11 is 1.42. The maximum Gasteiger partial charge on any atom is 0.352 e. The van der Waals surface area contributed by atoms with Crippen LogP contribution in [0.1, 0.15) is 23.1 Å². The zero-order valence-electron chi connectivity index (χ0n) is 19.3. The fraction of sp³-hybridized carbons (Fsp3) is 0.269. The first-order valence-corrected chi connectivity index (χ1v) is 12.5. The van der Waals surface area contributed by atoms with Gasteiger partial charge in [0.15, 0.2) is 18.9 Å². The van der Waals surface area contributed by atoms with Crippen molar-refractivity contribution in [2.75, 3.05) is 12.3 Å². The lowest BCUT2D eigenvalue weighted by Gasteiger charge is -2.47. The predicted octanol–water partition coefficient (Wildman–Crippen LogP) is 1.13. The topological polar surface area (TPSA) is 132 Å². The Morgan fingerprint density at radius 1 is 1.19 bits per heavy atom. The molecule has 3 aliphatic heterocycles. The highest BCUT2D eigenvalue weighted by atomic mass is 32.2. The highest BCUT2D eigenvalue weighted by Gasteiger charge is 2.51. The van der Waals surface area contributed by atoms with Gasteiger partial charge in [0, 0.05) is 42.1 Å². The van der Waals surface area contributed by atoms with Crippen molar-refractivity contribution in [2.45, 2.75) is 30.9 Å². The van der Waals surface area contributed by atoms with Gasteiger partial charge in [0.25, 0.3) is 0 Å². The molecule has 9 nitrogen and oxygen atoms in total. The Kier molecular flexibility index (Phi) is 6.35. The number of carbonyl (C=O) groups is 3. The van der Waals surface area contributed by atoms with E-state index in [9.17, 15) is 19.5 Å². The van der Waals surface area contributed by atoms with Crippen molar-refractivity contribution in [1.29, 1.82) is 5.26 Å². The lowest BCUT2D eigenvalue weighted by molar-refractivity contribution is -0.688. The van der Waals surface area contributed by atoms with E-state index in [2.05, 4.69) is 6.07 Å². The van der Waals surface area contributed by atoms with Crippen molar-refractivity contribution < 1.29 is 24.1 Å². The minimum atomic E-state index is -1.19. The summed E-state index contributed by atoms with van der Waals surface area (Å²) in [6.07, 6.45) is 6.07. The van der Waals surface area contributed by atoms with E-state index in [0.29, 0.717) is 48.5 Å². The highest BCUT2D eigenvalue weighted by molar-refractivity contribution is 8.00. The number of nitrogens with zero attached hydrogens (tertiary/aromatic N) is 4. The van der Waals surface area contributed by atoms with Gasteiger partial charge < -0.3 is 15.7 Å². The van der Waals surface area contributed by atoms with Crippen LogP contribution in [0, 0.1) is 11.3 Å². The Hall–Kier alpha value is -3.94. The molecule has 36 heavy (non-hydrogen) atoms. The molecule has 10 heteroatoms. The van der Waals surface area contributed by atoms with Gasteiger partial charge in [0.05, 0.1) is 11.6 Å². The summed E-state index contributed by atoms with van der Waals surface area (Å²) in [4.78, 5) is 40.1. The minimum absolute atomic E-state index is 0.0703. The summed E-state index contributed by atoms with van der Waals surface area (Å²) < 4.78 is 2.03. The van der Waals surface area contributed by atoms with Crippen LogP contribution < -0.4 is 10.3 Å². The van der Waals surface area contributed by atoms with Gasteiger partial charge in [0.2, 0.25) is 11.8 Å². The number of aromatic nitrogens is 1. The maximum atomic E-state index is 13.0. The first kappa shape index (κ1) is 23.8. The number of rotatable bonds is 6. The van der Waals surface area contributed by atoms with Crippen molar-refractivity contribution in [3.8, 4) is 6.07 Å². The van der Waals surface area contributed by atoms with Gasteiger partial charge in [0.1, 0.15) is 17.1 Å². The monoisotopic (exact) mass is 502 g/mol. The van der Waals surface area contributed by atoms with E-state index in [1.807, 2.05) is 41.2 Å². The molecule has 182 valence electrons. The van der Waals surface area contributed by atoms with E-state index in [1.165, 1.54) is 16.7 Å². The number of benzene rings is 1. The van der Waals surface area contributed by atoms with Crippen molar-refractivity contribution in [2.24, 2.45) is 5.73 Å². The second-order valence-electron chi connectivity index (χ2n) is 8.95. The molecule has 4 heterocycles. The molecule has 0 unspecified atom stereocenters. The van der Waals surface area contributed by atoms with Crippen molar-refractivity contribution in [3.63, 3.8) is 0 Å². The maximum absolute atomic E-state index is 13.0. The normalized spacial score (nSPS) is 22.5. The summed E-state index contributed by atoms with van der Waals surface area (Å²) in [6, 6.07) is 12.8. The van der Waals surface area contributed by atoms with Crippen LogP contribution in [0.15, 0.2) is 71.7 Å². The lowest BCUT2D eigenvalue weighted by atomic mass is 10.0. The number of allylic oxidation sites excluding steroid dienone is 1. The zero-order valence-corrected chi connectivity index (χ0v) is 20.1. The Balaban J connectivity index is 1.26. The van der Waals surface area contributed by atoms with E-state index in [4.69, 9.17) is 11.0 Å². The molecule has 3 aliphatic rings. The summed E-state index contributed by atoms with van der Waals surface area (Å²) in [5, 5.41) is 18.3. The fourth-order valence-electron chi connectivity index (χ4n) is 4.63. The second kappa shape index (κ2) is 9.60. The summed E-state index contributed by atoms with van der Waals surface area (Å²) in [5.41, 5.74) is 9.45. The molecule has 2 amide bonds. The smallest absolute Gasteiger partial charge is 0.352 e. The molecular weight excluding hydrogens is 478 g/mol. The average Bonchev–Trinajstić information content (AvgIpc) is 3.23. The van der Waals surface area contributed by atoms with Gasteiger partial charge in [-0.05, 0) is 35.8 Å². The standard InChI is InChI=1S/C26H23N5O4S/c27-12-16-1-3-17(4-2-16)13-29-8-5-18(6-9-29)14-30-10-7-19(23(30)32)11-20-15-36-25-21(28)24(33)31(25)22(20)26(34)35/h1-6,8-9,11,21,25H,7,10,13-15,28H2/p+1/b19-11+/t21-,25-/m1/s1. The molecule has 0 bridgehead atoms. The van der Waals surface area contributed by atoms with Gasteiger partial charge in [-0.3, -0.25) is 14.5 Å². The number of amides is 2. The van der Waals surface area contributed by atoms with Gasteiger partial charge in [-0.1, -0.05) is 12.1 Å². The summed E-state index contributed by atoms with van der Waals surface area (Å²) in [7, 11) is 0. The molecule has 1 aromatic heterocycles. The fourth-order valence-corrected chi connectivity index (χ4v) is 5.88. The molecule has 0 radical (unpaired) electrons.